The molecule has 2 heterocycles. The summed E-state index contributed by atoms with van der Waals surface area (Å²) in [4.78, 5) is 10.9. The van der Waals surface area contributed by atoms with Crippen molar-refractivity contribution in [3.8, 4) is 0 Å². The lowest BCUT2D eigenvalue weighted by Gasteiger charge is -2.27. The first-order valence-electron chi connectivity index (χ1n) is 6.58. The molecule has 1 saturated carbocycles. The first-order valence-corrected chi connectivity index (χ1v) is 7.53. The molecule has 1 unspecified atom stereocenters. The van der Waals surface area contributed by atoms with Gasteiger partial charge in [-0.1, -0.05) is 0 Å². The molecule has 1 atom stereocenters. The van der Waals surface area contributed by atoms with Gasteiger partial charge in [-0.15, -0.1) is 11.3 Å². The Labute approximate surface area is 117 Å². The lowest BCUT2D eigenvalue weighted by Crippen LogP contribution is -2.31. The normalized spacial score (nSPS) is 17.0. The van der Waals surface area contributed by atoms with Gasteiger partial charge in [-0.3, -0.25) is 4.90 Å². The highest BCUT2D eigenvalue weighted by atomic mass is 32.1. The highest BCUT2D eigenvalue weighted by molar-refractivity contribution is 7.07. The van der Waals surface area contributed by atoms with Gasteiger partial charge >= 0.3 is 0 Å². The van der Waals surface area contributed by atoms with Crippen molar-refractivity contribution in [2.45, 2.75) is 31.5 Å². The smallest absolute Gasteiger partial charge is 0.0951 e. The molecule has 5 nitrogen and oxygen atoms in total. The summed E-state index contributed by atoms with van der Waals surface area (Å²) >= 11 is 1.63. The summed E-state index contributed by atoms with van der Waals surface area (Å²) in [7, 11) is 2.10. The zero-order chi connectivity index (χ0) is 13.2. The Morgan fingerprint density at radius 3 is 3.05 bits per heavy atom. The van der Waals surface area contributed by atoms with Crippen LogP contribution in [-0.2, 0) is 6.54 Å². The lowest BCUT2D eigenvalue weighted by atomic mass is 10.2. The fourth-order valence-electron chi connectivity index (χ4n) is 2.44. The largest absolute Gasteiger partial charge is 0.330 e. The van der Waals surface area contributed by atoms with E-state index in [1.54, 1.807) is 11.3 Å². The summed E-state index contributed by atoms with van der Waals surface area (Å²) < 4.78 is 2.29. The van der Waals surface area contributed by atoms with Gasteiger partial charge in [0.2, 0.25) is 0 Å². The zero-order valence-corrected chi connectivity index (χ0v) is 11.9. The van der Waals surface area contributed by atoms with Gasteiger partial charge < -0.3 is 10.3 Å². The average molecular weight is 277 g/mol. The van der Waals surface area contributed by atoms with Crippen LogP contribution in [0.15, 0.2) is 23.4 Å². The summed E-state index contributed by atoms with van der Waals surface area (Å²) in [5.74, 6) is 0. The van der Waals surface area contributed by atoms with E-state index in [0.29, 0.717) is 12.6 Å². The van der Waals surface area contributed by atoms with Crippen LogP contribution in [0.5, 0.6) is 0 Å². The number of thiazole rings is 1. The number of nitrogens with two attached hydrogens (primary N) is 1. The van der Waals surface area contributed by atoms with Crippen LogP contribution in [0.3, 0.4) is 0 Å². The number of rotatable bonds is 6. The summed E-state index contributed by atoms with van der Waals surface area (Å²) in [6.07, 6.45) is 6.41. The molecule has 0 aliphatic heterocycles. The molecule has 0 saturated heterocycles. The molecule has 19 heavy (non-hydrogen) atoms. The average Bonchev–Trinajstić information content (AvgIpc) is 2.91. The molecule has 1 fully saturated rings. The maximum absolute atomic E-state index is 5.98. The third-order valence-electron chi connectivity index (χ3n) is 3.63. The molecule has 0 aromatic carbocycles. The first kappa shape index (κ1) is 12.8. The molecule has 6 heteroatoms. The molecule has 2 N–H and O–H groups in total. The SMILES string of the molecule is CN(Cc1cscn1)C(CN)c1cncn1C1CC1. The monoisotopic (exact) mass is 277 g/mol. The highest BCUT2D eigenvalue weighted by Gasteiger charge is 2.29. The lowest BCUT2D eigenvalue weighted by molar-refractivity contribution is 0.230. The van der Waals surface area contributed by atoms with Crippen molar-refractivity contribution in [2.24, 2.45) is 5.73 Å². The van der Waals surface area contributed by atoms with Gasteiger partial charge in [0.05, 0.1) is 29.3 Å². The quantitative estimate of drug-likeness (QED) is 0.875. The molecule has 1 aliphatic carbocycles. The third-order valence-corrected chi connectivity index (χ3v) is 4.26. The van der Waals surface area contributed by atoms with E-state index in [1.807, 2.05) is 18.0 Å². The number of hydrogen-bond acceptors (Lipinski definition) is 5. The minimum Gasteiger partial charge on any atom is -0.330 e. The number of aromatic nitrogens is 3. The molecule has 102 valence electrons. The van der Waals surface area contributed by atoms with E-state index in [0.717, 1.165) is 12.2 Å². The number of likely N-dealkylation sites (N-methyl/N-ethyl adjacent to an activating group) is 1. The van der Waals surface area contributed by atoms with Crippen molar-refractivity contribution in [2.75, 3.05) is 13.6 Å². The zero-order valence-electron chi connectivity index (χ0n) is 11.1. The standard InChI is InChI=1S/C13H19N5S/c1-17(6-10-7-19-9-16-10)12(4-14)13-5-15-8-18(13)11-2-3-11/h5,7-9,11-12H,2-4,6,14H2,1H3. The second kappa shape index (κ2) is 5.40. The Balaban J connectivity index is 1.77. The maximum atomic E-state index is 5.98. The molecule has 0 spiro atoms. The van der Waals surface area contributed by atoms with Crippen LogP contribution < -0.4 is 5.73 Å². The van der Waals surface area contributed by atoms with Gasteiger partial charge in [-0.25, -0.2) is 9.97 Å². The molecular formula is C13H19N5S. The molecule has 0 amide bonds. The van der Waals surface area contributed by atoms with E-state index in [9.17, 15) is 0 Å². The van der Waals surface area contributed by atoms with Crippen molar-refractivity contribution in [1.82, 2.24) is 19.4 Å². The Morgan fingerprint density at radius 2 is 2.42 bits per heavy atom. The van der Waals surface area contributed by atoms with E-state index in [4.69, 9.17) is 5.73 Å². The summed E-state index contributed by atoms with van der Waals surface area (Å²) in [5, 5.41) is 2.09. The van der Waals surface area contributed by atoms with Crippen molar-refractivity contribution in [3.63, 3.8) is 0 Å². The maximum Gasteiger partial charge on any atom is 0.0951 e. The molecule has 0 radical (unpaired) electrons. The predicted octanol–water partition coefficient (Wildman–Crippen LogP) is 1.81. The second-order valence-electron chi connectivity index (χ2n) is 5.10. The predicted molar refractivity (Wildman–Crippen MR) is 75.9 cm³/mol. The topological polar surface area (TPSA) is 60.0 Å². The number of imidazole rings is 1. The summed E-state index contributed by atoms with van der Waals surface area (Å²) in [6.45, 7) is 1.42. The molecular weight excluding hydrogens is 258 g/mol. The van der Waals surface area contributed by atoms with E-state index < -0.39 is 0 Å². The van der Waals surface area contributed by atoms with Crippen molar-refractivity contribution < 1.29 is 0 Å². The molecule has 2 aromatic rings. The second-order valence-corrected chi connectivity index (χ2v) is 5.82. The number of hydrogen-bond donors (Lipinski definition) is 1. The van der Waals surface area contributed by atoms with Gasteiger partial charge in [0, 0.05) is 30.7 Å². The van der Waals surface area contributed by atoms with Crippen molar-refractivity contribution in [1.29, 1.82) is 0 Å². The molecule has 2 aromatic heterocycles. The van der Waals surface area contributed by atoms with Gasteiger partial charge in [0.15, 0.2) is 0 Å². The summed E-state index contributed by atoms with van der Waals surface area (Å²) in [5.41, 5.74) is 10.2. The minimum atomic E-state index is 0.199. The van der Waals surface area contributed by atoms with E-state index in [-0.39, 0.29) is 6.04 Å². The van der Waals surface area contributed by atoms with Crippen molar-refractivity contribution >= 4 is 11.3 Å². The van der Waals surface area contributed by atoms with Crippen LogP contribution in [0.2, 0.25) is 0 Å². The Hall–Kier alpha value is -1.24. The summed E-state index contributed by atoms with van der Waals surface area (Å²) in [6, 6.07) is 0.837. The van der Waals surface area contributed by atoms with Crippen LogP contribution >= 0.6 is 11.3 Å². The molecule has 0 bridgehead atoms. The van der Waals surface area contributed by atoms with Crippen LogP contribution in [-0.4, -0.2) is 33.0 Å². The van der Waals surface area contributed by atoms with Crippen molar-refractivity contribution in [3.05, 3.63) is 34.8 Å². The van der Waals surface area contributed by atoms with Gasteiger partial charge in [0.25, 0.3) is 0 Å². The van der Waals surface area contributed by atoms with E-state index >= 15 is 0 Å². The Morgan fingerprint density at radius 1 is 1.58 bits per heavy atom. The van der Waals surface area contributed by atoms with Crippen LogP contribution in [0.4, 0.5) is 0 Å². The van der Waals surface area contributed by atoms with E-state index in [2.05, 4.69) is 31.9 Å². The van der Waals surface area contributed by atoms with Gasteiger partial charge in [-0.05, 0) is 19.9 Å². The van der Waals surface area contributed by atoms with E-state index in [1.165, 1.54) is 18.5 Å². The Bertz CT molecular complexity index is 517. The third kappa shape index (κ3) is 2.70. The van der Waals surface area contributed by atoms with Gasteiger partial charge in [-0.2, -0.15) is 0 Å². The molecule has 3 rings (SSSR count). The Kier molecular flexibility index (Phi) is 3.63. The molecule has 1 aliphatic rings. The van der Waals surface area contributed by atoms with Crippen LogP contribution in [0.1, 0.15) is 36.3 Å². The van der Waals surface area contributed by atoms with Crippen LogP contribution in [0.25, 0.3) is 0 Å². The van der Waals surface area contributed by atoms with Gasteiger partial charge in [0.1, 0.15) is 0 Å². The highest BCUT2D eigenvalue weighted by Crippen LogP contribution is 2.37. The first-order chi connectivity index (χ1) is 9.29. The fourth-order valence-corrected chi connectivity index (χ4v) is 2.99. The fraction of sp³-hybridized carbons (Fsp3) is 0.538. The minimum absolute atomic E-state index is 0.199. The van der Waals surface area contributed by atoms with Crippen LogP contribution in [0, 0.1) is 0 Å². The number of nitrogens with zero attached hydrogens (tertiary/aromatic N) is 4.